The van der Waals surface area contributed by atoms with Gasteiger partial charge in [0, 0.05) is 26.2 Å². The fourth-order valence-electron chi connectivity index (χ4n) is 3.00. The molecule has 1 saturated heterocycles. The van der Waals surface area contributed by atoms with Crippen LogP contribution in [-0.4, -0.2) is 44.0 Å². The van der Waals surface area contributed by atoms with Gasteiger partial charge in [0.15, 0.2) is 5.75 Å². The van der Waals surface area contributed by atoms with E-state index in [0.717, 1.165) is 60.5 Å². The zero-order valence-electron chi connectivity index (χ0n) is 13.1. The van der Waals surface area contributed by atoms with E-state index in [-0.39, 0.29) is 0 Å². The average molecular weight is 309 g/mol. The highest BCUT2D eigenvalue weighted by Crippen LogP contribution is 2.43. The van der Waals surface area contributed by atoms with Crippen molar-refractivity contribution in [2.45, 2.75) is 0 Å². The van der Waals surface area contributed by atoms with E-state index >= 15 is 0 Å². The second-order valence-corrected chi connectivity index (χ2v) is 5.58. The summed E-state index contributed by atoms with van der Waals surface area (Å²) in [6.45, 7) is 3.77. The monoisotopic (exact) mass is 309 g/mol. The summed E-state index contributed by atoms with van der Waals surface area (Å²) < 4.78 is 11.6. The van der Waals surface area contributed by atoms with Crippen molar-refractivity contribution >= 4 is 11.5 Å². The summed E-state index contributed by atoms with van der Waals surface area (Å²) in [7, 11) is 1.66. The van der Waals surface area contributed by atoms with Gasteiger partial charge in [-0.2, -0.15) is 0 Å². The summed E-state index contributed by atoms with van der Waals surface area (Å²) in [4.78, 5) is 7.25. The number of benzene rings is 2. The van der Waals surface area contributed by atoms with E-state index in [1.165, 1.54) is 0 Å². The third-order valence-corrected chi connectivity index (χ3v) is 4.16. The highest BCUT2D eigenvalue weighted by Gasteiger charge is 2.25. The highest BCUT2D eigenvalue weighted by atomic mass is 16.5. The smallest absolute Gasteiger partial charge is 0.156 e. The summed E-state index contributed by atoms with van der Waals surface area (Å²) in [5, 5.41) is 3.38. The molecule has 1 N–H and O–H groups in total. The lowest BCUT2D eigenvalue weighted by Gasteiger charge is -2.30. The molecule has 0 bridgehead atoms. The summed E-state index contributed by atoms with van der Waals surface area (Å²) in [6.07, 6.45) is 0. The van der Waals surface area contributed by atoms with Crippen molar-refractivity contribution in [3.05, 3.63) is 48.0 Å². The lowest BCUT2D eigenvalue weighted by Crippen LogP contribution is -2.46. The molecule has 2 heterocycles. The standard InChI is InChI=1S/C18H19N3O2/c1-22-15-7-4-8-16-17(15)20-18(21-11-9-19-10-12-21)13-5-2-3-6-14(13)23-16/h2-8,19H,9-12H2,1H3. The number of nitrogens with one attached hydrogen (secondary N) is 1. The molecule has 0 radical (unpaired) electrons. The summed E-state index contributed by atoms with van der Waals surface area (Å²) in [6, 6.07) is 13.8. The van der Waals surface area contributed by atoms with Crippen molar-refractivity contribution in [2.24, 2.45) is 4.99 Å². The van der Waals surface area contributed by atoms with Crippen LogP contribution in [0.2, 0.25) is 0 Å². The number of hydrogen-bond acceptors (Lipinski definition) is 5. The van der Waals surface area contributed by atoms with Crippen molar-refractivity contribution in [2.75, 3.05) is 33.3 Å². The van der Waals surface area contributed by atoms with Crippen LogP contribution in [0.1, 0.15) is 5.56 Å². The van der Waals surface area contributed by atoms with Gasteiger partial charge < -0.3 is 19.7 Å². The van der Waals surface area contributed by atoms with E-state index in [9.17, 15) is 0 Å². The molecule has 1 fully saturated rings. The molecule has 5 heteroatoms. The zero-order chi connectivity index (χ0) is 15.6. The Balaban J connectivity index is 1.90. The SMILES string of the molecule is COc1cccc2c1N=C(N1CCNCC1)c1ccccc1O2. The van der Waals surface area contributed by atoms with Gasteiger partial charge in [-0.1, -0.05) is 18.2 Å². The molecule has 2 aliphatic rings. The fraction of sp³-hybridized carbons (Fsp3) is 0.278. The van der Waals surface area contributed by atoms with Gasteiger partial charge in [-0.05, 0) is 24.3 Å². The van der Waals surface area contributed by atoms with Gasteiger partial charge in [0.25, 0.3) is 0 Å². The Morgan fingerprint density at radius 1 is 1.04 bits per heavy atom. The maximum absolute atomic E-state index is 6.13. The Bertz CT molecular complexity index is 752. The molecule has 2 aromatic rings. The van der Waals surface area contributed by atoms with Gasteiger partial charge in [-0.25, -0.2) is 4.99 Å². The largest absolute Gasteiger partial charge is 0.494 e. The lowest BCUT2D eigenvalue weighted by atomic mass is 10.1. The number of piperazine rings is 1. The quantitative estimate of drug-likeness (QED) is 0.880. The van der Waals surface area contributed by atoms with Gasteiger partial charge in [0.05, 0.1) is 12.7 Å². The molecule has 0 aliphatic carbocycles. The van der Waals surface area contributed by atoms with Crippen LogP contribution in [0.5, 0.6) is 17.2 Å². The maximum Gasteiger partial charge on any atom is 0.156 e. The number of methoxy groups -OCH3 is 1. The normalized spacial score (nSPS) is 16.6. The van der Waals surface area contributed by atoms with Crippen molar-refractivity contribution in [3.63, 3.8) is 0 Å². The molecule has 0 spiro atoms. The zero-order valence-corrected chi connectivity index (χ0v) is 13.1. The molecule has 2 aromatic carbocycles. The van der Waals surface area contributed by atoms with Crippen molar-refractivity contribution < 1.29 is 9.47 Å². The Morgan fingerprint density at radius 2 is 1.83 bits per heavy atom. The average Bonchev–Trinajstić information content (AvgIpc) is 2.78. The second kappa shape index (κ2) is 5.93. The molecular weight excluding hydrogens is 290 g/mol. The first-order valence-corrected chi connectivity index (χ1v) is 7.85. The van der Waals surface area contributed by atoms with Crippen LogP contribution in [0.4, 0.5) is 5.69 Å². The van der Waals surface area contributed by atoms with Gasteiger partial charge in [0.2, 0.25) is 0 Å². The van der Waals surface area contributed by atoms with E-state index in [1.807, 2.05) is 36.4 Å². The number of aliphatic imine (C=N–C) groups is 1. The van der Waals surface area contributed by atoms with Crippen LogP contribution in [-0.2, 0) is 0 Å². The summed E-state index contributed by atoms with van der Waals surface area (Å²) >= 11 is 0. The summed E-state index contributed by atoms with van der Waals surface area (Å²) in [5.74, 6) is 3.23. The van der Waals surface area contributed by atoms with Crippen molar-refractivity contribution in [1.29, 1.82) is 0 Å². The van der Waals surface area contributed by atoms with E-state index in [2.05, 4.69) is 16.3 Å². The van der Waals surface area contributed by atoms with Crippen LogP contribution in [0.3, 0.4) is 0 Å². The molecule has 118 valence electrons. The van der Waals surface area contributed by atoms with E-state index in [4.69, 9.17) is 14.5 Å². The van der Waals surface area contributed by atoms with E-state index < -0.39 is 0 Å². The molecule has 23 heavy (non-hydrogen) atoms. The Kier molecular flexibility index (Phi) is 3.63. The number of rotatable bonds is 1. The second-order valence-electron chi connectivity index (χ2n) is 5.58. The van der Waals surface area contributed by atoms with Gasteiger partial charge in [-0.15, -0.1) is 0 Å². The van der Waals surface area contributed by atoms with E-state index in [1.54, 1.807) is 7.11 Å². The lowest BCUT2D eigenvalue weighted by molar-refractivity contribution is 0.357. The molecule has 2 aliphatic heterocycles. The first-order valence-electron chi connectivity index (χ1n) is 7.85. The minimum Gasteiger partial charge on any atom is -0.494 e. The third kappa shape index (κ3) is 2.53. The van der Waals surface area contributed by atoms with Crippen LogP contribution in [0, 0.1) is 0 Å². The van der Waals surface area contributed by atoms with Crippen molar-refractivity contribution in [1.82, 2.24) is 10.2 Å². The fourth-order valence-corrected chi connectivity index (χ4v) is 3.00. The predicted octanol–water partition coefficient (Wildman–Crippen LogP) is 2.78. The summed E-state index contributed by atoms with van der Waals surface area (Å²) in [5.41, 5.74) is 1.77. The van der Waals surface area contributed by atoms with Crippen LogP contribution >= 0.6 is 0 Å². The molecule has 0 aromatic heterocycles. The minimum absolute atomic E-state index is 0.724. The molecule has 5 nitrogen and oxygen atoms in total. The number of nitrogens with zero attached hydrogens (tertiary/aromatic N) is 2. The topological polar surface area (TPSA) is 46.1 Å². The van der Waals surface area contributed by atoms with Gasteiger partial charge >= 0.3 is 0 Å². The Hall–Kier alpha value is -2.53. The Morgan fingerprint density at radius 3 is 2.65 bits per heavy atom. The number of amidine groups is 1. The number of hydrogen-bond donors (Lipinski definition) is 1. The molecule has 0 saturated carbocycles. The molecule has 0 amide bonds. The molecule has 0 unspecified atom stereocenters. The predicted molar refractivity (Wildman–Crippen MR) is 90.1 cm³/mol. The van der Waals surface area contributed by atoms with Gasteiger partial charge in [-0.3, -0.25) is 0 Å². The molecule has 0 atom stereocenters. The number of fused-ring (bicyclic) bond motifs is 2. The third-order valence-electron chi connectivity index (χ3n) is 4.16. The van der Waals surface area contributed by atoms with Crippen molar-refractivity contribution in [3.8, 4) is 17.2 Å². The number of para-hydroxylation sites is 2. The first kappa shape index (κ1) is 14.1. The minimum atomic E-state index is 0.724. The highest BCUT2D eigenvalue weighted by molar-refractivity contribution is 6.04. The van der Waals surface area contributed by atoms with Crippen LogP contribution < -0.4 is 14.8 Å². The van der Waals surface area contributed by atoms with Crippen LogP contribution in [0.15, 0.2) is 47.5 Å². The first-order chi connectivity index (χ1) is 11.4. The molecular formula is C18H19N3O2. The maximum atomic E-state index is 6.13. The number of ether oxygens (including phenoxy) is 2. The van der Waals surface area contributed by atoms with E-state index in [0.29, 0.717) is 0 Å². The van der Waals surface area contributed by atoms with Gasteiger partial charge in [0.1, 0.15) is 23.0 Å². The Labute approximate surface area is 135 Å². The molecule has 4 rings (SSSR count). The van der Waals surface area contributed by atoms with Crippen LogP contribution in [0.25, 0.3) is 0 Å².